The summed E-state index contributed by atoms with van der Waals surface area (Å²) in [6.07, 6.45) is -3.55. The molecule has 0 aliphatic rings. The summed E-state index contributed by atoms with van der Waals surface area (Å²) in [6, 6.07) is 12.4. The lowest BCUT2D eigenvalue weighted by atomic mass is 10.1. The van der Waals surface area contributed by atoms with Gasteiger partial charge in [-0.05, 0) is 41.8 Å². The molecule has 0 radical (unpaired) electrons. The molecular formula is C17H15BrF3NO. The molecule has 1 amide bonds. The van der Waals surface area contributed by atoms with Crippen molar-refractivity contribution in [2.75, 3.05) is 6.54 Å². The summed E-state index contributed by atoms with van der Waals surface area (Å²) in [5.74, 6) is -0.112. The predicted molar refractivity (Wildman–Crippen MR) is 86.0 cm³/mol. The lowest BCUT2D eigenvalue weighted by molar-refractivity contribution is -0.137. The van der Waals surface area contributed by atoms with Gasteiger partial charge in [-0.2, -0.15) is 13.2 Å². The van der Waals surface area contributed by atoms with Crippen LogP contribution in [0.1, 0.15) is 16.7 Å². The first kappa shape index (κ1) is 17.5. The van der Waals surface area contributed by atoms with Crippen LogP contribution in [0.3, 0.4) is 0 Å². The number of nitrogens with one attached hydrogen (secondary N) is 1. The molecule has 2 aromatic rings. The number of amides is 1. The number of benzene rings is 2. The molecule has 2 rings (SSSR count). The third-order valence-electron chi connectivity index (χ3n) is 3.30. The van der Waals surface area contributed by atoms with E-state index in [0.717, 1.165) is 27.7 Å². The fourth-order valence-corrected chi connectivity index (χ4v) is 2.32. The van der Waals surface area contributed by atoms with Crippen molar-refractivity contribution in [2.24, 2.45) is 0 Å². The van der Waals surface area contributed by atoms with Crippen LogP contribution in [0.2, 0.25) is 0 Å². The van der Waals surface area contributed by atoms with E-state index in [2.05, 4.69) is 21.2 Å². The smallest absolute Gasteiger partial charge is 0.355 e. The molecule has 0 unspecified atom stereocenters. The van der Waals surface area contributed by atoms with Gasteiger partial charge in [0.25, 0.3) is 0 Å². The van der Waals surface area contributed by atoms with Crippen molar-refractivity contribution in [1.29, 1.82) is 0 Å². The Morgan fingerprint density at radius 1 is 0.957 bits per heavy atom. The Labute approximate surface area is 140 Å². The SMILES string of the molecule is O=C(Cc1ccc(Br)cc1)NCCc1ccc(C(F)(F)F)cc1. The van der Waals surface area contributed by atoms with Gasteiger partial charge in [-0.25, -0.2) is 0 Å². The second-order valence-electron chi connectivity index (χ2n) is 5.10. The molecule has 6 heteroatoms. The van der Waals surface area contributed by atoms with E-state index in [1.165, 1.54) is 12.1 Å². The van der Waals surface area contributed by atoms with E-state index >= 15 is 0 Å². The van der Waals surface area contributed by atoms with Gasteiger partial charge in [-0.1, -0.05) is 40.2 Å². The average molecular weight is 386 g/mol. The zero-order valence-corrected chi connectivity index (χ0v) is 13.7. The molecule has 0 spiro atoms. The van der Waals surface area contributed by atoms with Crippen molar-refractivity contribution >= 4 is 21.8 Å². The minimum absolute atomic E-state index is 0.112. The first-order valence-electron chi connectivity index (χ1n) is 7.02. The fourth-order valence-electron chi connectivity index (χ4n) is 2.06. The molecule has 0 aromatic heterocycles. The lowest BCUT2D eigenvalue weighted by Gasteiger charge is -2.08. The largest absolute Gasteiger partial charge is 0.416 e. The lowest BCUT2D eigenvalue weighted by Crippen LogP contribution is -2.27. The van der Waals surface area contributed by atoms with E-state index in [9.17, 15) is 18.0 Å². The molecule has 0 bridgehead atoms. The van der Waals surface area contributed by atoms with E-state index in [4.69, 9.17) is 0 Å². The number of rotatable bonds is 5. The van der Waals surface area contributed by atoms with Crippen LogP contribution in [0.5, 0.6) is 0 Å². The van der Waals surface area contributed by atoms with Crippen molar-refractivity contribution in [2.45, 2.75) is 19.0 Å². The molecule has 0 saturated carbocycles. The molecule has 2 aromatic carbocycles. The molecule has 0 fully saturated rings. The third kappa shape index (κ3) is 5.71. The third-order valence-corrected chi connectivity index (χ3v) is 3.82. The van der Waals surface area contributed by atoms with Gasteiger partial charge in [0.15, 0.2) is 0 Å². The topological polar surface area (TPSA) is 29.1 Å². The summed E-state index contributed by atoms with van der Waals surface area (Å²) in [5, 5.41) is 2.77. The first-order valence-corrected chi connectivity index (χ1v) is 7.81. The average Bonchev–Trinajstić information content (AvgIpc) is 2.49. The Morgan fingerprint density at radius 2 is 1.52 bits per heavy atom. The van der Waals surface area contributed by atoms with Crippen molar-refractivity contribution in [1.82, 2.24) is 5.32 Å². The molecule has 0 heterocycles. The van der Waals surface area contributed by atoms with Gasteiger partial charge in [-0.15, -0.1) is 0 Å². The summed E-state index contributed by atoms with van der Waals surface area (Å²) in [5.41, 5.74) is 0.989. The maximum Gasteiger partial charge on any atom is 0.416 e. The van der Waals surface area contributed by atoms with Crippen LogP contribution in [-0.2, 0) is 23.8 Å². The van der Waals surface area contributed by atoms with Crippen LogP contribution >= 0.6 is 15.9 Å². The number of halogens is 4. The minimum atomic E-state index is -4.32. The normalized spacial score (nSPS) is 11.3. The zero-order chi connectivity index (χ0) is 16.9. The standard InChI is InChI=1S/C17H15BrF3NO/c18-15-7-3-13(4-8-15)11-16(23)22-10-9-12-1-5-14(6-2-12)17(19,20)21/h1-8H,9-11H2,(H,22,23). The highest BCUT2D eigenvalue weighted by Gasteiger charge is 2.29. The molecule has 2 nitrogen and oxygen atoms in total. The maximum atomic E-state index is 12.4. The Balaban J connectivity index is 1.78. The van der Waals surface area contributed by atoms with Crippen LogP contribution in [0, 0.1) is 0 Å². The molecule has 0 atom stereocenters. The summed E-state index contributed by atoms with van der Waals surface area (Å²) < 4.78 is 38.3. The molecule has 0 aliphatic carbocycles. The van der Waals surface area contributed by atoms with Gasteiger partial charge in [0.1, 0.15) is 0 Å². The number of carbonyl (C=O) groups excluding carboxylic acids is 1. The Morgan fingerprint density at radius 3 is 2.09 bits per heavy atom. The van der Waals surface area contributed by atoms with E-state index in [1.54, 1.807) is 0 Å². The maximum absolute atomic E-state index is 12.4. The molecular weight excluding hydrogens is 371 g/mol. The Kier molecular flexibility index (Phi) is 5.82. The van der Waals surface area contributed by atoms with Gasteiger partial charge in [0.05, 0.1) is 12.0 Å². The molecule has 0 saturated heterocycles. The van der Waals surface area contributed by atoms with E-state index < -0.39 is 11.7 Å². The van der Waals surface area contributed by atoms with E-state index in [1.807, 2.05) is 24.3 Å². The van der Waals surface area contributed by atoms with Gasteiger partial charge in [-0.3, -0.25) is 4.79 Å². The molecule has 122 valence electrons. The Hall–Kier alpha value is -1.82. The second kappa shape index (κ2) is 7.64. The second-order valence-corrected chi connectivity index (χ2v) is 6.01. The molecule has 0 aliphatic heterocycles. The first-order chi connectivity index (χ1) is 10.8. The van der Waals surface area contributed by atoms with Crippen molar-refractivity contribution < 1.29 is 18.0 Å². The number of hydrogen-bond donors (Lipinski definition) is 1. The molecule has 23 heavy (non-hydrogen) atoms. The zero-order valence-electron chi connectivity index (χ0n) is 12.2. The number of hydrogen-bond acceptors (Lipinski definition) is 1. The quantitative estimate of drug-likeness (QED) is 0.813. The van der Waals surface area contributed by atoms with Crippen LogP contribution in [0.15, 0.2) is 53.0 Å². The van der Waals surface area contributed by atoms with Crippen LogP contribution in [0.4, 0.5) is 13.2 Å². The number of alkyl halides is 3. The summed E-state index contributed by atoms with van der Waals surface area (Å²) >= 11 is 3.33. The monoisotopic (exact) mass is 385 g/mol. The van der Waals surface area contributed by atoms with Gasteiger partial charge in [0.2, 0.25) is 5.91 Å². The van der Waals surface area contributed by atoms with Gasteiger partial charge in [0, 0.05) is 11.0 Å². The van der Waals surface area contributed by atoms with E-state index in [0.29, 0.717) is 13.0 Å². The Bertz CT molecular complexity index is 651. The highest BCUT2D eigenvalue weighted by atomic mass is 79.9. The highest BCUT2D eigenvalue weighted by molar-refractivity contribution is 9.10. The predicted octanol–water partition coefficient (Wildman–Crippen LogP) is 4.37. The highest BCUT2D eigenvalue weighted by Crippen LogP contribution is 2.29. The van der Waals surface area contributed by atoms with Crippen LogP contribution < -0.4 is 5.32 Å². The van der Waals surface area contributed by atoms with Crippen molar-refractivity contribution in [3.8, 4) is 0 Å². The van der Waals surface area contributed by atoms with Crippen LogP contribution in [0.25, 0.3) is 0 Å². The van der Waals surface area contributed by atoms with E-state index in [-0.39, 0.29) is 12.3 Å². The summed E-state index contributed by atoms with van der Waals surface area (Å²) in [7, 11) is 0. The summed E-state index contributed by atoms with van der Waals surface area (Å²) in [4.78, 5) is 11.8. The van der Waals surface area contributed by atoms with Crippen molar-refractivity contribution in [3.63, 3.8) is 0 Å². The van der Waals surface area contributed by atoms with Crippen LogP contribution in [-0.4, -0.2) is 12.5 Å². The fraction of sp³-hybridized carbons (Fsp3) is 0.235. The van der Waals surface area contributed by atoms with Crippen molar-refractivity contribution in [3.05, 3.63) is 69.7 Å². The minimum Gasteiger partial charge on any atom is -0.355 e. The van der Waals surface area contributed by atoms with Gasteiger partial charge >= 0.3 is 6.18 Å². The number of carbonyl (C=O) groups is 1. The summed E-state index contributed by atoms with van der Waals surface area (Å²) in [6.45, 7) is 0.390. The van der Waals surface area contributed by atoms with Gasteiger partial charge < -0.3 is 5.32 Å². The molecule has 1 N–H and O–H groups in total.